The van der Waals surface area contributed by atoms with Gasteiger partial charge in [-0.25, -0.2) is 13.6 Å². The van der Waals surface area contributed by atoms with E-state index in [2.05, 4.69) is 15.4 Å². The number of carbonyl (C=O) groups is 1. The monoisotopic (exact) mass is 294 g/mol. The number of halogens is 3. The summed E-state index contributed by atoms with van der Waals surface area (Å²) in [6.45, 7) is -0.0357. The lowest BCUT2D eigenvalue weighted by Crippen LogP contribution is -2.37. The van der Waals surface area contributed by atoms with E-state index in [0.717, 1.165) is 6.07 Å². The molecule has 1 rings (SSSR count). The number of carbonyl (C=O) groups excluding carboxylic acids is 1. The maximum atomic E-state index is 13.4. The molecule has 0 aliphatic carbocycles. The van der Waals surface area contributed by atoms with Gasteiger partial charge in [-0.15, -0.1) is 0 Å². The van der Waals surface area contributed by atoms with Crippen LogP contribution in [-0.4, -0.2) is 37.5 Å². The van der Waals surface area contributed by atoms with Gasteiger partial charge in [-0.2, -0.15) is 0 Å². The fourth-order valence-corrected chi connectivity index (χ4v) is 1.52. The molecule has 106 valence electrons. The largest absolute Gasteiger partial charge is 0.389 e. The highest BCUT2D eigenvalue weighted by Gasteiger charge is 2.13. The summed E-state index contributed by atoms with van der Waals surface area (Å²) in [6.07, 6.45) is -0.885. The van der Waals surface area contributed by atoms with E-state index < -0.39 is 23.8 Å². The minimum atomic E-state index is -0.988. The Balaban J connectivity index is 2.58. The van der Waals surface area contributed by atoms with Gasteiger partial charge in [-0.1, -0.05) is 11.6 Å². The summed E-state index contributed by atoms with van der Waals surface area (Å²) in [7, 11) is 1.40. The molecule has 5 nitrogen and oxygen atoms in total. The van der Waals surface area contributed by atoms with Crippen LogP contribution < -0.4 is 10.6 Å². The molecule has 0 fully saturated rings. The first-order valence-electron chi connectivity index (χ1n) is 5.30. The molecule has 1 aromatic rings. The molecule has 0 aliphatic rings. The van der Waals surface area contributed by atoms with Crippen molar-refractivity contribution in [2.45, 2.75) is 6.10 Å². The summed E-state index contributed by atoms with van der Waals surface area (Å²) in [5.74, 6) is -1.83. The van der Waals surface area contributed by atoms with E-state index in [1.807, 2.05) is 0 Å². The lowest BCUT2D eigenvalue weighted by atomic mass is 10.3. The number of nitrogens with one attached hydrogen (secondary N) is 2. The number of benzene rings is 1. The number of aliphatic hydroxyl groups excluding tert-OH is 1. The van der Waals surface area contributed by atoms with Gasteiger partial charge in [0, 0.05) is 19.7 Å². The van der Waals surface area contributed by atoms with E-state index in [0.29, 0.717) is 6.07 Å². The van der Waals surface area contributed by atoms with E-state index in [-0.39, 0.29) is 23.9 Å². The summed E-state index contributed by atoms with van der Waals surface area (Å²) < 4.78 is 30.8. The summed E-state index contributed by atoms with van der Waals surface area (Å²) in [5.41, 5.74) is -0.332. The smallest absolute Gasteiger partial charge is 0.319 e. The number of urea groups is 1. The van der Waals surface area contributed by atoms with Crippen LogP contribution in [0.1, 0.15) is 0 Å². The summed E-state index contributed by atoms with van der Waals surface area (Å²) >= 11 is 5.60. The van der Waals surface area contributed by atoms with Crippen LogP contribution in [0.25, 0.3) is 0 Å². The number of ether oxygens (including phenoxy) is 1. The molecule has 0 saturated carbocycles. The average Bonchev–Trinajstić information content (AvgIpc) is 2.31. The molecule has 1 unspecified atom stereocenters. The van der Waals surface area contributed by atoms with Crippen LogP contribution in [0.2, 0.25) is 5.02 Å². The topological polar surface area (TPSA) is 70.6 Å². The zero-order valence-corrected chi connectivity index (χ0v) is 10.8. The van der Waals surface area contributed by atoms with E-state index in [1.54, 1.807) is 0 Å². The van der Waals surface area contributed by atoms with E-state index in [4.69, 9.17) is 11.6 Å². The number of methoxy groups -OCH3 is 1. The normalized spacial score (nSPS) is 12.1. The zero-order valence-electron chi connectivity index (χ0n) is 10.0. The van der Waals surface area contributed by atoms with Crippen molar-refractivity contribution in [1.29, 1.82) is 0 Å². The highest BCUT2D eigenvalue weighted by atomic mass is 35.5. The van der Waals surface area contributed by atoms with E-state index in [9.17, 15) is 18.7 Å². The van der Waals surface area contributed by atoms with Crippen LogP contribution in [-0.2, 0) is 4.74 Å². The Morgan fingerprint density at radius 1 is 1.53 bits per heavy atom. The van der Waals surface area contributed by atoms with Gasteiger partial charge in [0.2, 0.25) is 0 Å². The molecule has 0 aromatic heterocycles. The second-order valence-corrected chi connectivity index (χ2v) is 4.10. The third kappa shape index (κ3) is 4.98. The maximum Gasteiger partial charge on any atom is 0.319 e. The van der Waals surface area contributed by atoms with Crippen molar-refractivity contribution in [2.24, 2.45) is 0 Å². The van der Waals surface area contributed by atoms with Crippen LogP contribution >= 0.6 is 11.6 Å². The third-order valence-corrected chi connectivity index (χ3v) is 2.40. The Hall–Kier alpha value is -1.44. The summed E-state index contributed by atoms with van der Waals surface area (Å²) in [4.78, 5) is 11.4. The van der Waals surface area contributed by atoms with E-state index >= 15 is 0 Å². The Morgan fingerprint density at radius 3 is 2.79 bits per heavy atom. The lowest BCUT2D eigenvalue weighted by molar-refractivity contribution is 0.0663. The average molecular weight is 295 g/mol. The molecule has 19 heavy (non-hydrogen) atoms. The zero-order chi connectivity index (χ0) is 14.4. The van der Waals surface area contributed by atoms with Crippen LogP contribution in [0.4, 0.5) is 19.3 Å². The molecule has 3 N–H and O–H groups in total. The predicted molar refractivity (Wildman–Crippen MR) is 66.3 cm³/mol. The number of rotatable bonds is 5. The molecule has 8 heteroatoms. The first-order valence-corrected chi connectivity index (χ1v) is 5.68. The van der Waals surface area contributed by atoms with Gasteiger partial charge in [0.05, 0.1) is 23.4 Å². The minimum Gasteiger partial charge on any atom is -0.389 e. The Bertz CT molecular complexity index is 437. The first-order chi connectivity index (χ1) is 8.93. The second-order valence-electron chi connectivity index (χ2n) is 3.69. The quantitative estimate of drug-likeness (QED) is 0.775. The van der Waals surface area contributed by atoms with Gasteiger partial charge >= 0.3 is 6.03 Å². The molecular weight excluding hydrogens is 282 g/mol. The fraction of sp³-hybridized carbons (Fsp3) is 0.364. The van der Waals surface area contributed by atoms with Crippen molar-refractivity contribution in [3.63, 3.8) is 0 Å². The molecule has 1 aromatic carbocycles. The molecule has 0 heterocycles. The molecule has 0 bridgehead atoms. The molecule has 0 saturated heterocycles. The molecule has 2 amide bonds. The van der Waals surface area contributed by atoms with Crippen LogP contribution in [0.15, 0.2) is 12.1 Å². The predicted octanol–water partition coefficient (Wildman–Crippen LogP) is 1.75. The molecule has 0 radical (unpaired) electrons. The molecule has 0 spiro atoms. The Morgan fingerprint density at radius 2 is 2.21 bits per heavy atom. The number of hydrogen-bond donors (Lipinski definition) is 3. The van der Waals surface area contributed by atoms with Gasteiger partial charge in [0.1, 0.15) is 5.82 Å². The number of anilines is 1. The highest BCUT2D eigenvalue weighted by Crippen LogP contribution is 2.26. The number of hydrogen-bond acceptors (Lipinski definition) is 3. The Labute approximate surface area is 113 Å². The summed E-state index contributed by atoms with van der Waals surface area (Å²) in [6, 6.07) is 0.698. The fourth-order valence-electron chi connectivity index (χ4n) is 1.28. The SMILES string of the molecule is COCC(O)CNC(=O)Nc1c(F)cc(F)cc1Cl. The van der Waals surface area contributed by atoms with Gasteiger partial charge in [-0.05, 0) is 6.07 Å². The van der Waals surface area contributed by atoms with Crippen molar-refractivity contribution in [3.05, 3.63) is 28.8 Å². The van der Waals surface area contributed by atoms with E-state index in [1.165, 1.54) is 7.11 Å². The van der Waals surface area contributed by atoms with Crippen LogP contribution in [0.3, 0.4) is 0 Å². The van der Waals surface area contributed by atoms with Crippen molar-refractivity contribution in [3.8, 4) is 0 Å². The van der Waals surface area contributed by atoms with Crippen molar-refractivity contribution in [2.75, 3.05) is 25.6 Å². The highest BCUT2D eigenvalue weighted by molar-refractivity contribution is 6.33. The summed E-state index contributed by atoms with van der Waals surface area (Å²) in [5, 5.41) is 13.4. The first kappa shape index (κ1) is 15.6. The minimum absolute atomic E-state index is 0.0476. The van der Waals surface area contributed by atoms with Gasteiger partial charge in [0.15, 0.2) is 5.82 Å². The second kappa shape index (κ2) is 7.22. The molecule has 0 aliphatic heterocycles. The number of amides is 2. The van der Waals surface area contributed by atoms with Crippen molar-refractivity contribution < 1.29 is 23.4 Å². The van der Waals surface area contributed by atoms with Crippen molar-refractivity contribution in [1.82, 2.24) is 5.32 Å². The van der Waals surface area contributed by atoms with Crippen LogP contribution in [0, 0.1) is 11.6 Å². The maximum absolute atomic E-state index is 13.4. The molecular formula is C11H13ClF2N2O3. The standard InChI is InChI=1S/C11H13ClF2N2O3/c1-19-5-7(17)4-15-11(18)16-10-8(12)2-6(13)3-9(10)14/h2-3,7,17H,4-5H2,1H3,(H2,15,16,18). The lowest BCUT2D eigenvalue weighted by Gasteiger charge is -2.12. The van der Waals surface area contributed by atoms with Crippen molar-refractivity contribution >= 4 is 23.3 Å². The Kier molecular flexibility index (Phi) is 5.94. The van der Waals surface area contributed by atoms with Gasteiger partial charge < -0.3 is 20.5 Å². The third-order valence-electron chi connectivity index (χ3n) is 2.10. The number of aliphatic hydroxyl groups is 1. The molecule has 1 atom stereocenters. The van der Waals surface area contributed by atoms with Crippen LogP contribution in [0.5, 0.6) is 0 Å². The van der Waals surface area contributed by atoms with Gasteiger partial charge in [0.25, 0.3) is 0 Å². The van der Waals surface area contributed by atoms with Gasteiger partial charge in [-0.3, -0.25) is 0 Å².